The highest BCUT2D eigenvalue weighted by atomic mass is 16.5. The van der Waals surface area contributed by atoms with Crippen LogP contribution in [0.2, 0.25) is 0 Å². The van der Waals surface area contributed by atoms with Crippen LogP contribution in [-0.2, 0) is 0 Å². The van der Waals surface area contributed by atoms with Gasteiger partial charge < -0.3 is 9.64 Å². The molecular formula is C19H25N3O. The zero-order valence-electron chi connectivity index (χ0n) is 14.3. The number of nitriles is 1. The van der Waals surface area contributed by atoms with E-state index in [1.807, 2.05) is 31.3 Å². The normalized spacial score (nSPS) is 10.5. The summed E-state index contributed by atoms with van der Waals surface area (Å²) in [5.74, 6) is 0.783. The lowest BCUT2D eigenvalue weighted by molar-refractivity contribution is 0.340. The van der Waals surface area contributed by atoms with Crippen molar-refractivity contribution in [2.45, 2.75) is 40.0 Å². The molecule has 1 aromatic heterocycles. The van der Waals surface area contributed by atoms with Crippen molar-refractivity contribution in [1.29, 1.82) is 5.26 Å². The molecule has 0 saturated heterocycles. The molecule has 0 saturated carbocycles. The molecule has 0 spiro atoms. The number of aromatic nitrogens is 1. The minimum atomic E-state index is 0.610. The van der Waals surface area contributed by atoms with Gasteiger partial charge in [-0.05, 0) is 38.0 Å². The highest BCUT2D eigenvalue weighted by Crippen LogP contribution is 2.29. The van der Waals surface area contributed by atoms with Crippen LogP contribution in [0.4, 0.5) is 5.69 Å². The van der Waals surface area contributed by atoms with Gasteiger partial charge in [-0.3, -0.25) is 4.98 Å². The van der Waals surface area contributed by atoms with E-state index in [-0.39, 0.29) is 0 Å². The second-order valence-electron chi connectivity index (χ2n) is 5.58. The zero-order chi connectivity index (χ0) is 16.7. The average molecular weight is 311 g/mol. The summed E-state index contributed by atoms with van der Waals surface area (Å²) < 4.78 is 5.58. The second-order valence-corrected chi connectivity index (χ2v) is 5.58. The highest BCUT2D eigenvalue weighted by molar-refractivity contribution is 5.90. The largest absolute Gasteiger partial charge is 0.494 e. The highest BCUT2D eigenvalue weighted by Gasteiger charge is 2.15. The molecule has 23 heavy (non-hydrogen) atoms. The van der Waals surface area contributed by atoms with E-state index in [1.165, 1.54) is 0 Å². The van der Waals surface area contributed by atoms with E-state index >= 15 is 0 Å². The monoisotopic (exact) mass is 311 g/mol. The first kappa shape index (κ1) is 17.1. The first-order valence-corrected chi connectivity index (χ1v) is 8.45. The molecule has 0 bridgehead atoms. The predicted molar refractivity (Wildman–Crippen MR) is 95.0 cm³/mol. The van der Waals surface area contributed by atoms with Crippen LogP contribution in [0.1, 0.15) is 45.6 Å². The molecule has 0 aliphatic carbocycles. The maximum Gasteiger partial charge on any atom is 0.120 e. The number of benzene rings is 1. The van der Waals surface area contributed by atoms with Gasteiger partial charge in [0.05, 0.1) is 29.6 Å². The molecule has 1 heterocycles. The van der Waals surface area contributed by atoms with Crippen molar-refractivity contribution in [3.8, 4) is 11.8 Å². The summed E-state index contributed by atoms with van der Waals surface area (Å²) >= 11 is 0. The Balaban J connectivity index is 2.52. The molecule has 0 aliphatic rings. The van der Waals surface area contributed by atoms with Crippen molar-refractivity contribution >= 4 is 16.6 Å². The fourth-order valence-corrected chi connectivity index (χ4v) is 2.75. The number of unbranched alkanes of at least 4 members (excludes halogenated alkanes) is 1. The standard InChI is InChI=1S/C19H25N3O/c1-4-7-11-22(10-5-2)19-14-21-18-9-8-15(23-6-3)12-16(18)17(19)13-20/h8-9,12,14H,4-7,10-11H2,1-3H3. The minimum Gasteiger partial charge on any atom is -0.494 e. The number of pyridine rings is 1. The lowest BCUT2D eigenvalue weighted by atomic mass is 10.1. The Morgan fingerprint density at radius 2 is 2.00 bits per heavy atom. The topological polar surface area (TPSA) is 49.2 Å². The van der Waals surface area contributed by atoms with E-state index in [0.29, 0.717) is 12.2 Å². The van der Waals surface area contributed by atoms with E-state index < -0.39 is 0 Å². The van der Waals surface area contributed by atoms with Gasteiger partial charge in [0, 0.05) is 18.5 Å². The van der Waals surface area contributed by atoms with E-state index in [4.69, 9.17) is 4.74 Å². The average Bonchev–Trinajstić information content (AvgIpc) is 2.58. The molecule has 4 nitrogen and oxygen atoms in total. The van der Waals surface area contributed by atoms with Crippen LogP contribution >= 0.6 is 0 Å². The third kappa shape index (κ3) is 3.92. The van der Waals surface area contributed by atoms with E-state index in [0.717, 1.165) is 54.7 Å². The van der Waals surface area contributed by atoms with Crippen molar-refractivity contribution in [2.75, 3.05) is 24.6 Å². The summed E-state index contributed by atoms with van der Waals surface area (Å²) in [7, 11) is 0. The number of rotatable bonds is 8. The summed E-state index contributed by atoms with van der Waals surface area (Å²) in [5.41, 5.74) is 2.46. The third-order valence-electron chi connectivity index (χ3n) is 3.86. The Kier molecular flexibility index (Phi) is 6.22. The van der Waals surface area contributed by atoms with Crippen molar-refractivity contribution in [3.63, 3.8) is 0 Å². The molecule has 4 heteroatoms. The van der Waals surface area contributed by atoms with Gasteiger partial charge in [-0.25, -0.2) is 0 Å². The molecule has 0 radical (unpaired) electrons. The fourth-order valence-electron chi connectivity index (χ4n) is 2.75. The molecule has 122 valence electrons. The predicted octanol–water partition coefficient (Wildman–Crippen LogP) is 4.52. The molecule has 0 amide bonds. The molecule has 2 rings (SSSR count). The number of ether oxygens (including phenoxy) is 1. The lowest BCUT2D eigenvalue weighted by Crippen LogP contribution is -2.26. The first-order chi connectivity index (χ1) is 11.2. The van der Waals surface area contributed by atoms with Crippen molar-refractivity contribution in [1.82, 2.24) is 4.98 Å². The molecule has 1 aromatic carbocycles. The van der Waals surface area contributed by atoms with Crippen LogP contribution < -0.4 is 9.64 Å². The smallest absolute Gasteiger partial charge is 0.120 e. The second kappa shape index (κ2) is 8.38. The maximum atomic E-state index is 9.73. The van der Waals surface area contributed by atoms with E-state index in [1.54, 1.807) is 0 Å². The molecular weight excluding hydrogens is 286 g/mol. The van der Waals surface area contributed by atoms with Gasteiger partial charge in [-0.2, -0.15) is 5.26 Å². The molecule has 0 fully saturated rings. The van der Waals surface area contributed by atoms with Gasteiger partial charge in [0.15, 0.2) is 0 Å². The third-order valence-corrected chi connectivity index (χ3v) is 3.86. The van der Waals surface area contributed by atoms with Crippen LogP contribution in [0.15, 0.2) is 24.4 Å². The summed E-state index contributed by atoms with van der Waals surface area (Å²) in [6, 6.07) is 8.14. The Hall–Kier alpha value is -2.28. The summed E-state index contributed by atoms with van der Waals surface area (Å²) in [6.45, 7) is 8.80. The molecule has 0 atom stereocenters. The van der Waals surface area contributed by atoms with E-state index in [2.05, 4.69) is 29.8 Å². The minimum absolute atomic E-state index is 0.610. The van der Waals surface area contributed by atoms with Crippen molar-refractivity contribution < 1.29 is 4.74 Å². The Bertz CT molecular complexity index is 691. The SMILES string of the molecule is CCCCN(CCC)c1cnc2ccc(OCC)cc2c1C#N. The number of anilines is 1. The van der Waals surface area contributed by atoms with Crippen LogP contribution in [0.25, 0.3) is 10.9 Å². The number of hydrogen-bond acceptors (Lipinski definition) is 4. The van der Waals surface area contributed by atoms with Gasteiger partial charge in [-0.1, -0.05) is 20.3 Å². The van der Waals surface area contributed by atoms with Crippen LogP contribution in [0, 0.1) is 11.3 Å². The van der Waals surface area contributed by atoms with E-state index in [9.17, 15) is 5.26 Å². The van der Waals surface area contributed by atoms with Crippen molar-refractivity contribution in [3.05, 3.63) is 30.0 Å². The molecule has 0 aliphatic heterocycles. The summed E-state index contributed by atoms with van der Waals surface area (Å²) in [6.07, 6.45) is 5.14. The molecule has 2 aromatic rings. The fraction of sp³-hybridized carbons (Fsp3) is 0.474. The summed E-state index contributed by atoms with van der Waals surface area (Å²) in [4.78, 5) is 6.83. The quantitative estimate of drug-likeness (QED) is 0.719. The van der Waals surface area contributed by atoms with Crippen molar-refractivity contribution in [2.24, 2.45) is 0 Å². The molecule has 0 N–H and O–H groups in total. The lowest BCUT2D eigenvalue weighted by Gasteiger charge is -2.25. The molecule has 0 unspecified atom stereocenters. The Morgan fingerprint density at radius 1 is 1.17 bits per heavy atom. The number of nitrogens with zero attached hydrogens (tertiary/aromatic N) is 3. The van der Waals surface area contributed by atoms with Crippen LogP contribution in [0.5, 0.6) is 5.75 Å². The van der Waals surface area contributed by atoms with Gasteiger partial charge in [0.25, 0.3) is 0 Å². The van der Waals surface area contributed by atoms with Gasteiger partial charge >= 0.3 is 0 Å². The number of fused-ring (bicyclic) bond motifs is 1. The summed E-state index contributed by atoms with van der Waals surface area (Å²) in [5, 5.41) is 10.6. The zero-order valence-corrected chi connectivity index (χ0v) is 14.3. The van der Waals surface area contributed by atoms with Crippen LogP contribution in [-0.4, -0.2) is 24.7 Å². The Morgan fingerprint density at radius 3 is 2.65 bits per heavy atom. The van der Waals surface area contributed by atoms with Gasteiger partial charge in [0.2, 0.25) is 0 Å². The Labute approximate surface area is 138 Å². The maximum absolute atomic E-state index is 9.73. The van der Waals surface area contributed by atoms with Gasteiger partial charge in [0.1, 0.15) is 11.8 Å². The van der Waals surface area contributed by atoms with Gasteiger partial charge in [-0.15, -0.1) is 0 Å². The first-order valence-electron chi connectivity index (χ1n) is 8.45. The number of hydrogen-bond donors (Lipinski definition) is 0. The van der Waals surface area contributed by atoms with Crippen LogP contribution in [0.3, 0.4) is 0 Å².